The highest BCUT2D eigenvalue weighted by atomic mass is 32.1. The summed E-state index contributed by atoms with van der Waals surface area (Å²) in [5, 5.41) is 0. The Morgan fingerprint density at radius 3 is 2.47 bits per heavy atom. The van der Waals surface area contributed by atoms with E-state index in [1.165, 1.54) is 0 Å². The average molecular weight is 228 g/mol. The predicted octanol–water partition coefficient (Wildman–Crippen LogP) is 1.70. The van der Waals surface area contributed by atoms with Crippen LogP contribution in [0.1, 0.15) is 40.0 Å². The number of rotatable bonds is 1. The maximum atomic E-state index is 12.1. The van der Waals surface area contributed by atoms with E-state index >= 15 is 0 Å². The van der Waals surface area contributed by atoms with Gasteiger partial charge in [0.05, 0.1) is 11.0 Å². The number of thiocarbonyl (C=S) groups is 1. The molecule has 1 heterocycles. The molecular formula is C11H20N2OS. The predicted molar refractivity (Wildman–Crippen MR) is 65.6 cm³/mol. The summed E-state index contributed by atoms with van der Waals surface area (Å²) in [6, 6.07) is -0.0273. The number of hydrogen-bond acceptors (Lipinski definition) is 2. The van der Waals surface area contributed by atoms with Crippen LogP contribution < -0.4 is 5.73 Å². The van der Waals surface area contributed by atoms with Gasteiger partial charge in [-0.05, 0) is 19.3 Å². The zero-order chi connectivity index (χ0) is 11.6. The zero-order valence-electron chi connectivity index (χ0n) is 9.75. The lowest BCUT2D eigenvalue weighted by Crippen LogP contribution is -2.53. The van der Waals surface area contributed by atoms with Crippen LogP contribution in [0.25, 0.3) is 0 Å². The molecule has 0 spiro atoms. The second-order valence-corrected chi connectivity index (χ2v) is 5.63. The molecule has 1 atom stereocenters. The molecule has 3 nitrogen and oxygen atoms in total. The minimum Gasteiger partial charge on any atom is -0.392 e. The number of nitrogens with two attached hydrogens (primary N) is 1. The number of carbonyl (C=O) groups is 1. The van der Waals surface area contributed by atoms with Crippen molar-refractivity contribution in [1.29, 1.82) is 0 Å². The van der Waals surface area contributed by atoms with E-state index in [2.05, 4.69) is 0 Å². The van der Waals surface area contributed by atoms with Gasteiger partial charge < -0.3 is 10.6 Å². The molecule has 0 aliphatic carbocycles. The van der Waals surface area contributed by atoms with Crippen molar-refractivity contribution in [3.63, 3.8) is 0 Å². The van der Waals surface area contributed by atoms with E-state index in [4.69, 9.17) is 18.0 Å². The molecule has 1 unspecified atom stereocenters. The molecule has 86 valence electrons. The van der Waals surface area contributed by atoms with E-state index in [-0.39, 0.29) is 17.4 Å². The van der Waals surface area contributed by atoms with Crippen LogP contribution in [-0.4, -0.2) is 28.4 Å². The number of hydrogen-bond donors (Lipinski definition) is 1. The van der Waals surface area contributed by atoms with Crippen LogP contribution in [0.5, 0.6) is 0 Å². The van der Waals surface area contributed by atoms with Gasteiger partial charge in [-0.15, -0.1) is 0 Å². The van der Waals surface area contributed by atoms with Crippen LogP contribution in [0.3, 0.4) is 0 Å². The smallest absolute Gasteiger partial charge is 0.228 e. The van der Waals surface area contributed by atoms with Crippen LogP contribution in [0, 0.1) is 5.41 Å². The van der Waals surface area contributed by atoms with Crippen LogP contribution in [0.15, 0.2) is 0 Å². The zero-order valence-corrected chi connectivity index (χ0v) is 10.6. The summed E-state index contributed by atoms with van der Waals surface area (Å²) in [6.07, 6.45) is 3.08. The first kappa shape index (κ1) is 12.4. The molecular weight excluding hydrogens is 208 g/mol. The normalized spacial score (nSPS) is 22.6. The van der Waals surface area contributed by atoms with Gasteiger partial charge in [-0.2, -0.15) is 0 Å². The first-order valence-electron chi connectivity index (χ1n) is 5.44. The van der Waals surface area contributed by atoms with Crippen LogP contribution in [0.2, 0.25) is 0 Å². The van der Waals surface area contributed by atoms with Crippen molar-refractivity contribution < 1.29 is 4.79 Å². The third-order valence-corrected chi connectivity index (χ3v) is 3.01. The number of amides is 1. The third-order valence-electron chi connectivity index (χ3n) is 2.73. The molecule has 15 heavy (non-hydrogen) atoms. The molecule has 0 aromatic heterocycles. The Hall–Kier alpha value is -0.640. The summed E-state index contributed by atoms with van der Waals surface area (Å²) in [6.45, 7) is 6.58. The van der Waals surface area contributed by atoms with Gasteiger partial charge in [-0.3, -0.25) is 4.79 Å². The van der Waals surface area contributed by atoms with Crippen molar-refractivity contribution in [3.8, 4) is 0 Å². The van der Waals surface area contributed by atoms with E-state index < -0.39 is 0 Å². The molecule has 0 aromatic rings. The van der Waals surface area contributed by atoms with Crippen LogP contribution in [-0.2, 0) is 4.79 Å². The second-order valence-electron chi connectivity index (χ2n) is 5.16. The SMILES string of the molecule is CC(C)(C)C(=O)N1CCCCC1C(N)=S. The molecule has 1 rings (SSSR count). The van der Waals surface area contributed by atoms with Crippen molar-refractivity contribution in [3.05, 3.63) is 0 Å². The molecule has 1 aliphatic heterocycles. The Labute approximate surface area is 97.0 Å². The molecule has 2 N–H and O–H groups in total. The van der Waals surface area contributed by atoms with Crippen molar-refractivity contribution in [2.75, 3.05) is 6.54 Å². The molecule has 1 aliphatic rings. The van der Waals surface area contributed by atoms with E-state index in [0.717, 1.165) is 25.8 Å². The van der Waals surface area contributed by atoms with Crippen LogP contribution >= 0.6 is 12.2 Å². The van der Waals surface area contributed by atoms with Gasteiger partial charge in [0.25, 0.3) is 0 Å². The van der Waals surface area contributed by atoms with E-state index in [1.54, 1.807) is 0 Å². The number of piperidine rings is 1. The van der Waals surface area contributed by atoms with Gasteiger partial charge in [0.1, 0.15) is 0 Å². The Balaban J connectivity index is 2.81. The Morgan fingerprint density at radius 1 is 1.40 bits per heavy atom. The number of carbonyl (C=O) groups excluding carboxylic acids is 1. The van der Waals surface area contributed by atoms with E-state index in [1.807, 2.05) is 25.7 Å². The highest BCUT2D eigenvalue weighted by Gasteiger charge is 2.34. The van der Waals surface area contributed by atoms with Gasteiger partial charge >= 0.3 is 0 Å². The average Bonchev–Trinajstić information content (AvgIpc) is 2.15. The van der Waals surface area contributed by atoms with Crippen molar-refractivity contribution in [1.82, 2.24) is 4.90 Å². The lowest BCUT2D eigenvalue weighted by Gasteiger charge is -2.38. The van der Waals surface area contributed by atoms with Crippen molar-refractivity contribution in [2.45, 2.75) is 46.1 Å². The molecule has 1 amide bonds. The van der Waals surface area contributed by atoms with E-state index in [0.29, 0.717) is 4.99 Å². The molecule has 4 heteroatoms. The van der Waals surface area contributed by atoms with Gasteiger partial charge in [-0.1, -0.05) is 33.0 Å². The van der Waals surface area contributed by atoms with Gasteiger partial charge in [-0.25, -0.2) is 0 Å². The summed E-state index contributed by atoms with van der Waals surface area (Å²) in [5.41, 5.74) is 5.33. The highest BCUT2D eigenvalue weighted by molar-refractivity contribution is 7.80. The van der Waals surface area contributed by atoms with Gasteiger partial charge in [0, 0.05) is 12.0 Å². The second kappa shape index (κ2) is 4.47. The van der Waals surface area contributed by atoms with Gasteiger partial charge in [0.15, 0.2) is 0 Å². The summed E-state index contributed by atoms with van der Waals surface area (Å²) in [4.78, 5) is 14.4. The lowest BCUT2D eigenvalue weighted by atomic mass is 9.91. The summed E-state index contributed by atoms with van der Waals surface area (Å²) >= 11 is 5.02. The quantitative estimate of drug-likeness (QED) is 0.695. The highest BCUT2D eigenvalue weighted by Crippen LogP contribution is 2.24. The van der Waals surface area contributed by atoms with Gasteiger partial charge in [0.2, 0.25) is 5.91 Å². The fourth-order valence-electron chi connectivity index (χ4n) is 1.90. The topological polar surface area (TPSA) is 46.3 Å². The monoisotopic (exact) mass is 228 g/mol. The fourth-order valence-corrected chi connectivity index (χ4v) is 2.15. The minimum atomic E-state index is -0.347. The third kappa shape index (κ3) is 2.91. The Morgan fingerprint density at radius 2 is 2.00 bits per heavy atom. The maximum Gasteiger partial charge on any atom is 0.228 e. The van der Waals surface area contributed by atoms with Crippen molar-refractivity contribution in [2.24, 2.45) is 11.1 Å². The molecule has 0 aromatic carbocycles. The first-order chi connectivity index (χ1) is 6.84. The standard InChI is InChI=1S/C11H20N2OS/c1-11(2,3)10(14)13-7-5-4-6-8(13)9(12)15/h8H,4-7H2,1-3H3,(H2,12,15). The molecule has 0 bridgehead atoms. The minimum absolute atomic E-state index is 0.0273. The van der Waals surface area contributed by atoms with Crippen LogP contribution in [0.4, 0.5) is 0 Å². The first-order valence-corrected chi connectivity index (χ1v) is 5.85. The summed E-state index contributed by atoms with van der Waals surface area (Å²) in [5.74, 6) is 0.153. The van der Waals surface area contributed by atoms with E-state index in [9.17, 15) is 4.79 Å². The molecule has 1 saturated heterocycles. The maximum absolute atomic E-state index is 12.1. The molecule has 0 saturated carbocycles. The molecule has 0 radical (unpaired) electrons. The summed E-state index contributed by atoms with van der Waals surface area (Å²) < 4.78 is 0. The lowest BCUT2D eigenvalue weighted by molar-refractivity contribution is -0.141. The number of likely N-dealkylation sites (tertiary alicyclic amines) is 1. The number of nitrogens with zero attached hydrogens (tertiary/aromatic N) is 1. The Bertz CT molecular complexity index is 270. The van der Waals surface area contributed by atoms with Crippen molar-refractivity contribution >= 4 is 23.1 Å². The summed E-state index contributed by atoms with van der Waals surface area (Å²) in [7, 11) is 0. The largest absolute Gasteiger partial charge is 0.392 e. The Kier molecular flexibility index (Phi) is 3.71. The fraction of sp³-hybridized carbons (Fsp3) is 0.818. The molecule has 1 fully saturated rings.